The molecule has 1 heterocycles. The Morgan fingerprint density at radius 3 is 2.39 bits per heavy atom. The maximum absolute atomic E-state index is 3.22. The van der Waals surface area contributed by atoms with Gasteiger partial charge in [0.2, 0.25) is 0 Å². The summed E-state index contributed by atoms with van der Waals surface area (Å²) in [6, 6.07) is 9.40. The van der Waals surface area contributed by atoms with Crippen molar-refractivity contribution in [2.24, 2.45) is 5.92 Å². The van der Waals surface area contributed by atoms with E-state index in [2.05, 4.69) is 48.3 Å². The Morgan fingerprint density at radius 2 is 1.83 bits per heavy atom. The number of piperidine rings is 1. The highest BCUT2D eigenvalue weighted by molar-refractivity contribution is 5.26. The van der Waals surface area contributed by atoms with Gasteiger partial charge in [-0.3, -0.25) is 0 Å². The van der Waals surface area contributed by atoms with Gasteiger partial charge in [0.15, 0.2) is 0 Å². The first-order valence-electron chi connectivity index (χ1n) is 9.72. The van der Waals surface area contributed by atoms with Crippen LogP contribution in [0.4, 0.5) is 0 Å². The zero-order valence-electron chi connectivity index (χ0n) is 15.5. The minimum Gasteiger partial charge on any atom is -0.319 e. The Hall–Kier alpha value is -0.860. The molecule has 0 radical (unpaired) electrons. The summed E-state index contributed by atoms with van der Waals surface area (Å²) in [6.07, 6.45) is 7.85. The number of likely N-dealkylation sites (N-methyl/N-ethyl adjacent to an activating group) is 1. The number of benzene rings is 1. The molecule has 1 aromatic carbocycles. The van der Waals surface area contributed by atoms with Crippen LogP contribution in [0.2, 0.25) is 0 Å². The summed E-state index contributed by atoms with van der Waals surface area (Å²) in [6.45, 7) is 9.62. The predicted molar refractivity (Wildman–Crippen MR) is 101 cm³/mol. The Bertz CT molecular complexity index is 418. The average Bonchev–Trinajstić information content (AvgIpc) is 2.60. The fourth-order valence-corrected chi connectivity index (χ4v) is 3.87. The quantitative estimate of drug-likeness (QED) is 0.724. The van der Waals surface area contributed by atoms with E-state index >= 15 is 0 Å². The van der Waals surface area contributed by atoms with Gasteiger partial charge in [-0.1, -0.05) is 51.0 Å². The lowest BCUT2D eigenvalue weighted by Gasteiger charge is -2.34. The summed E-state index contributed by atoms with van der Waals surface area (Å²) in [5.74, 6) is 1.68. The van der Waals surface area contributed by atoms with E-state index in [1.807, 2.05) is 7.05 Å². The molecule has 1 unspecified atom stereocenters. The van der Waals surface area contributed by atoms with Gasteiger partial charge in [-0.2, -0.15) is 0 Å². The maximum atomic E-state index is 3.22. The van der Waals surface area contributed by atoms with Gasteiger partial charge in [0.05, 0.1) is 0 Å². The van der Waals surface area contributed by atoms with Crippen molar-refractivity contribution >= 4 is 0 Å². The Kier molecular flexibility index (Phi) is 8.11. The SMILES string of the molecule is CCCC(CC)CN1CCC(c2ccc(CCNC)cc2)CC1. The van der Waals surface area contributed by atoms with Crippen molar-refractivity contribution in [2.75, 3.05) is 33.2 Å². The van der Waals surface area contributed by atoms with E-state index in [-0.39, 0.29) is 0 Å². The first kappa shape index (κ1) is 18.5. The van der Waals surface area contributed by atoms with Crippen LogP contribution in [0.25, 0.3) is 0 Å². The molecule has 1 saturated heterocycles. The Labute approximate surface area is 143 Å². The zero-order valence-corrected chi connectivity index (χ0v) is 15.5. The molecule has 0 aromatic heterocycles. The molecule has 0 spiro atoms. The number of rotatable bonds is 9. The van der Waals surface area contributed by atoms with Crippen molar-refractivity contribution in [1.82, 2.24) is 10.2 Å². The smallest absolute Gasteiger partial charge is 0.000956 e. The molecule has 23 heavy (non-hydrogen) atoms. The zero-order chi connectivity index (χ0) is 16.5. The average molecular weight is 317 g/mol. The molecule has 0 bridgehead atoms. The molecular weight excluding hydrogens is 280 g/mol. The van der Waals surface area contributed by atoms with Gasteiger partial charge in [-0.25, -0.2) is 0 Å². The fourth-order valence-electron chi connectivity index (χ4n) is 3.87. The molecule has 0 amide bonds. The minimum absolute atomic E-state index is 0.774. The molecule has 1 aliphatic heterocycles. The Balaban J connectivity index is 1.79. The summed E-state index contributed by atoms with van der Waals surface area (Å²) in [4.78, 5) is 2.71. The van der Waals surface area contributed by atoms with Crippen molar-refractivity contribution in [3.05, 3.63) is 35.4 Å². The maximum Gasteiger partial charge on any atom is 0.000956 e. The van der Waals surface area contributed by atoms with Crippen molar-refractivity contribution in [1.29, 1.82) is 0 Å². The normalized spacial score (nSPS) is 18.2. The molecule has 2 rings (SSSR count). The highest BCUT2D eigenvalue weighted by atomic mass is 15.1. The van der Waals surface area contributed by atoms with Gasteiger partial charge in [-0.15, -0.1) is 0 Å². The molecular formula is C21H36N2. The van der Waals surface area contributed by atoms with Crippen LogP contribution in [0.1, 0.15) is 63.0 Å². The van der Waals surface area contributed by atoms with E-state index < -0.39 is 0 Å². The van der Waals surface area contributed by atoms with Gasteiger partial charge < -0.3 is 10.2 Å². The standard InChI is InChI=1S/C21H36N2/c1-4-6-18(5-2)17-23-15-12-21(13-16-23)20-9-7-19(8-10-20)11-14-22-3/h7-10,18,21-22H,4-6,11-17H2,1-3H3. The third-order valence-electron chi connectivity index (χ3n) is 5.49. The molecule has 1 aliphatic rings. The highest BCUT2D eigenvalue weighted by Gasteiger charge is 2.22. The van der Waals surface area contributed by atoms with Crippen LogP contribution in [0.3, 0.4) is 0 Å². The van der Waals surface area contributed by atoms with Crippen molar-refractivity contribution in [3.8, 4) is 0 Å². The molecule has 2 heteroatoms. The van der Waals surface area contributed by atoms with Crippen LogP contribution < -0.4 is 5.32 Å². The number of nitrogens with one attached hydrogen (secondary N) is 1. The monoisotopic (exact) mass is 316 g/mol. The summed E-state index contributed by atoms with van der Waals surface area (Å²) in [7, 11) is 2.02. The van der Waals surface area contributed by atoms with Gasteiger partial charge >= 0.3 is 0 Å². The van der Waals surface area contributed by atoms with Crippen molar-refractivity contribution in [3.63, 3.8) is 0 Å². The molecule has 0 aliphatic carbocycles. The van der Waals surface area contributed by atoms with Gasteiger partial charge in [0.1, 0.15) is 0 Å². The lowest BCUT2D eigenvalue weighted by molar-refractivity contribution is 0.176. The van der Waals surface area contributed by atoms with Crippen LogP contribution in [0, 0.1) is 5.92 Å². The minimum atomic E-state index is 0.774. The van der Waals surface area contributed by atoms with E-state index in [4.69, 9.17) is 0 Å². The molecule has 1 aromatic rings. The van der Waals surface area contributed by atoms with Gasteiger partial charge in [0.25, 0.3) is 0 Å². The largest absolute Gasteiger partial charge is 0.319 e. The topological polar surface area (TPSA) is 15.3 Å². The molecule has 1 N–H and O–H groups in total. The summed E-state index contributed by atoms with van der Waals surface area (Å²) in [5, 5.41) is 3.22. The summed E-state index contributed by atoms with van der Waals surface area (Å²) >= 11 is 0. The number of hydrogen-bond donors (Lipinski definition) is 1. The predicted octanol–water partition coefficient (Wildman–Crippen LogP) is 4.45. The van der Waals surface area contributed by atoms with Crippen LogP contribution >= 0.6 is 0 Å². The summed E-state index contributed by atoms with van der Waals surface area (Å²) in [5.41, 5.74) is 3.00. The number of nitrogens with zero attached hydrogens (tertiary/aromatic N) is 1. The highest BCUT2D eigenvalue weighted by Crippen LogP contribution is 2.29. The third kappa shape index (κ3) is 5.93. The first-order chi connectivity index (χ1) is 11.3. The lowest BCUT2D eigenvalue weighted by atomic mass is 9.88. The van der Waals surface area contributed by atoms with Crippen LogP contribution in [-0.2, 0) is 6.42 Å². The second-order valence-corrected chi connectivity index (χ2v) is 7.23. The van der Waals surface area contributed by atoms with Crippen molar-refractivity contribution < 1.29 is 0 Å². The fraction of sp³-hybridized carbons (Fsp3) is 0.714. The number of likely N-dealkylation sites (tertiary alicyclic amines) is 1. The molecule has 2 nitrogen and oxygen atoms in total. The molecule has 1 fully saturated rings. The van der Waals surface area contributed by atoms with Gasteiger partial charge in [-0.05, 0) is 75.3 Å². The van der Waals surface area contributed by atoms with Crippen LogP contribution in [0.5, 0.6) is 0 Å². The first-order valence-corrected chi connectivity index (χ1v) is 9.72. The molecule has 1 atom stereocenters. The van der Waals surface area contributed by atoms with Crippen molar-refractivity contribution in [2.45, 2.75) is 58.3 Å². The van der Waals surface area contributed by atoms with Crippen LogP contribution in [-0.4, -0.2) is 38.1 Å². The molecule has 130 valence electrons. The second-order valence-electron chi connectivity index (χ2n) is 7.23. The summed E-state index contributed by atoms with van der Waals surface area (Å²) < 4.78 is 0. The third-order valence-corrected chi connectivity index (χ3v) is 5.49. The van der Waals surface area contributed by atoms with E-state index in [1.54, 1.807) is 5.56 Å². The number of hydrogen-bond acceptors (Lipinski definition) is 2. The second kappa shape index (κ2) is 10.1. The Morgan fingerprint density at radius 1 is 1.13 bits per heavy atom. The van der Waals surface area contributed by atoms with Crippen LogP contribution in [0.15, 0.2) is 24.3 Å². The van der Waals surface area contributed by atoms with E-state index in [1.165, 1.54) is 57.3 Å². The van der Waals surface area contributed by atoms with E-state index in [0.717, 1.165) is 24.8 Å². The molecule has 0 saturated carbocycles. The van der Waals surface area contributed by atoms with E-state index in [9.17, 15) is 0 Å². The van der Waals surface area contributed by atoms with E-state index in [0.29, 0.717) is 0 Å². The lowest BCUT2D eigenvalue weighted by Crippen LogP contribution is -2.36. The van der Waals surface area contributed by atoms with Gasteiger partial charge in [0, 0.05) is 6.54 Å².